The van der Waals surface area contributed by atoms with Gasteiger partial charge in [0.25, 0.3) is 0 Å². The van der Waals surface area contributed by atoms with E-state index in [1.807, 2.05) is 0 Å². The molecule has 1 aromatic carbocycles. The van der Waals surface area contributed by atoms with Crippen molar-refractivity contribution in [3.63, 3.8) is 0 Å². The molecule has 0 spiro atoms. The van der Waals surface area contributed by atoms with Crippen LogP contribution >= 0.6 is 0 Å². The van der Waals surface area contributed by atoms with Gasteiger partial charge in [-0.1, -0.05) is 45.0 Å². The van der Waals surface area contributed by atoms with Crippen LogP contribution in [0.15, 0.2) is 24.3 Å². The molecular weight excluding hydrogens is 208 g/mol. The van der Waals surface area contributed by atoms with Crippen LogP contribution in [0.3, 0.4) is 0 Å². The van der Waals surface area contributed by atoms with Gasteiger partial charge >= 0.3 is 0 Å². The molecule has 1 rings (SSSR count). The predicted molar refractivity (Wildman–Crippen MR) is 75.2 cm³/mol. The minimum atomic E-state index is 0.404. The summed E-state index contributed by atoms with van der Waals surface area (Å²) in [7, 11) is 4.24. The van der Waals surface area contributed by atoms with Crippen LogP contribution in [0.25, 0.3) is 0 Å². The highest BCUT2D eigenvalue weighted by molar-refractivity contribution is 5.27. The predicted octanol–water partition coefficient (Wildman–Crippen LogP) is 3.01. The molecule has 2 nitrogen and oxygen atoms in total. The van der Waals surface area contributed by atoms with Gasteiger partial charge in [-0.15, -0.1) is 0 Å². The number of nitrogens with zero attached hydrogens (tertiary/aromatic N) is 1. The second kappa shape index (κ2) is 6.18. The summed E-state index contributed by atoms with van der Waals surface area (Å²) in [4.78, 5) is 2.25. The fraction of sp³-hybridized carbons (Fsp3) is 0.600. The molecule has 0 aliphatic heterocycles. The van der Waals surface area contributed by atoms with Crippen molar-refractivity contribution < 1.29 is 0 Å². The van der Waals surface area contributed by atoms with Crippen molar-refractivity contribution in [2.45, 2.75) is 32.7 Å². The largest absolute Gasteiger partial charge is 0.330 e. The Morgan fingerprint density at radius 1 is 1.00 bits per heavy atom. The van der Waals surface area contributed by atoms with Gasteiger partial charge in [-0.3, -0.25) is 0 Å². The standard InChI is InChI=1S/C15H26N2/c1-11(2)13-6-8-14(9-7-13)15(17(4)5)12(3)10-16/h6-9,11-12,15H,10,16H2,1-5H3. The van der Waals surface area contributed by atoms with Crippen molar-refractivity contribution in [3.05, 3.63) is 35.4 Å². The molecule has 1 aromatic rings. The van der Waals surface area contributed by atoms with Crippen LogP contribution in [-0.4, -0.2) is 25.5 Å². The van der Waals surface area contributed by atoms with Gasteiger partial charge in [0.05, 0.1) is 0 Å². The second-order valence-electron chi connectivity index (χ2n) is 5.44. The lowest BCUT2D eigenvalue weighted by molar-refractivity contribution is 0.227. The average molecular weight is 234 g/mol. The molecule has 0 radical (unpaired) electrons. The third-order valence-corrected chi connectivity index (χ3v) is 3.41. The lowest BCUT2D eigenvalue weighted by Gasteiger charge is -2.30. The summed E-state index contributed by atoms with van der Waals surface area (Å²) in [6.45, 7) is 7.37. The molecule has 0 amide bonds. The third kappa shape index (κ3) is 3.55. The zero-order valence-electron chi connectivity index (χ0n) is 11.8. The Hall–Kier alpha value is -0.860. The fourth-order valence-corrected chi connectivity index (χ4v) is 2.34. The molecule has 2 unspecified atom stereocenters. The van der Waals surface area contributed by atoms with E-state index in [9.17, 15) is 0 Å². The quantitative estimate of drug-likeness (QED) is 0.848. The maximum Gasteiger partial charge on any atom is 0.0379 e. The number of hydrogen-bond acceptors (Lipinski definition) is 2. The van der Waals surface area contributed by atoms with Crippen LogP contribution in [0.4, 0.5) is 0 Å². The normalized spacial score (nSPS) is 15.3. The molecule has 0 fully saturated rings. The Bertz CT molecular complexity index is 327. The molecule has 0 heterocycles. The minimum Gasteiger partial charge on any atom is -0.330 e. The number of hydrogen-bond donors (Lipinski definition) is 1. The van der Waals surface area contributed by atoms with E-state index in [1.165, 1.54) is 11.1 Å². The maximum absolute atomic E-state index is 5.80. The number of nitrogens with two attached hydrogens (primary N) is 1. The topological polar surface area (TPSA) is 29.3 Å². The van der Waals surface area contributed by atoms with Crippen LogP contribution in [0.1, 0.15) is 43.9 Å². The van der Waals surface area contributed by atoms with E-state index < -0.39 is 0 Å². The molecular formula is C15H26N2. The highest BCUT2D eigenvalue weighted by Gasteiger charge is 2.20. The van der Waals surface area contributed by atoms with Gasteiger partial charge < -0.3 is 10.6 Å². The zero-order chi connectivity index (χ0) is 13.0. The first kappa shape index (κ1) is 14.2. The number of rotatable bonds is 5. The molecule has 2 heteroatoms. The van der Waals surface area contributed by atoms with Gasteiger partial charge in [0, 0.05) is 6.04 Å². The molecule has 0 saturated carbocycles. The summed E-state index contributed by atoms with van der Waals surface area (Å²) in [6.07, 6.45) is 0. The van der Waals surface area contributed by atoms with E-state index in [0.29, 0.717) is 17.9 Å². The van der Waals surface area contributed by atoms with Gasteiger partial charge in [-0.25, -0.2) is 0 Å². The molecule has 17 heavy (non-hydrogen) atoms. The van der Waals surface area contributed by atoms with E-state index in [2.05, 4.69) is 64.0 Å². The molecule has 0 aliphatic rings. The SMILES string of the molecule is CC(C)c1ccc(C(C(C)CN)N(C)C)cc1. The van der Waals surface area contributed by atoms with Crippen LogP contribution in [0.5, 0.6) is 0 Å². The van der Waals surface area contributed by atoms with Crippen LogP contribution in [-0.2, 0) is 0 Å². The van der Waals surface area contributed by atoms with Crippen molar-refractivity contribution in [1.82, 2.24) is 4.90 Å². The van der Waals surface area contributed by atoms with E-state index >= 15 is 0 Å². The van der Waals surface area contributed by atoms with Gasteiger partial charge in [-0.05, 0) is 43.6 Å². The van der Waals surface area contributed by atoms with Crippen LogP contribution in [0, 0.1) is 5.92 Å². The van der Waals surface area contributed by atoms with Crippen molar-refractivity contribution in [3.8, 4) is 0 Å². The number of benzene rings is 1. The van der Waals surface area contributed by atoms with Gasteiger partial charge in [0.2, 0.25) is 0 Å². The second-order valence-corrected chi connectivity index (χ2v) is 5.44. The highest BCUT2D eigenvalue weighted by atomic mass is 15.1. The Kier molecular flexibility index (Phi) is 5.16. The summed E-state index contributed by atoms with van der Waals surface area (Å²) in [5.41, 5.74) is 8.55. The molecule has 0 saturated heterocycles. The summed E-state index contributed by atoms with van der Waals surface area (Å²) in [6, 6.07) is 9.36. The van der Waals surface area contributed by atoms with E-state index in [4.69, 9.17) is 5.73 Å². The Morgan fingerprint density at radius 3 is 1.82 bits per heavy atom. The minimum absolute atomic E-state index is 0.404. The monoisotopic (exact) mass is 234 g/mol. The first-order valence-electron chi connectivity index (χ1n) is 6.43. The molecule has 0 aromatic heterocycles. The van der Waals surface area contributed by atoms with E-state index in [0.717, 1.165) is 6.54 Å². The first-order valence-corrected chi connectivity index (χ1v) is 6.43. The van der Waals surface area contributed by atoms with Crippen molar-refractivity contribution >= 4 is 0 Å². The van der Waals surface area contributed by atoms with Gasteiger partial charge in [0.1, 0.15) is 0 Å². The van der Waals surface area contributed by atoms with Gasteiger partial charge in [-0.2, -0.15) is 0 Å². The Morgan fingerprint density at radius 2 is 1.47 bits per heavy atom. The van der Waals surface area contributed by atoms with Crippen LogP contribution in [0.2, 0.25) is 0 Å². The summed E-state index contributed by atoms with van der Waals surface area (Å²) in [5.74, 6) is 1.06. The fourth-order valence-electron chi connectivity index (χ4n) is 2.34. The third-order valence-electron chi connectivity index (χ3n) is 3.41. The molecule has 2 atom stereocenters. The first-order chi connectivity index (χ1) is 7.97. The van der Waals surface area contributed by atoms with E-state index in [-0.39, 0.29) is 0 Å². The lowest BCUT2D eigenvalue weighted by Crippen LogP contribution is -2.30. The van der Waals surface area contributed by atoms with Crippen LogP contribution < -0.4 is 5.73 Å². The summed E-state index contributed by atoms with van der Waals surface area (Å²) >= 11 is 0. The summed E-state index contributed by atoms with van der Waals surface area (Å²) < 4.78 is 0. The van der Waals surface area contributed by atoms with Crippen molar-refractivity contribution in [2.24, 2.45) is 11.7 Å². The molecule has 0 aliphatic carbocycles. The Labute approximate surface area is 106 Å². The highest BCUT2D eigenvalue weighted by Crippen LogP contribution is 2.27. The maximum atomic E-state index is 5.80. The molecule has 0 bridgehead atoms. The lowest BCUT2D eigenvalue weighted by atomic mass is 9.91. The van der Waals surface area contributed by atoms with Crippen molar-refractivity contribution in [1.29, 1.82) is 0 Å². The zero-order valence-corrected chi connectivity index (χ0v) is 11.8. The summed E-state index contributed by atoms with van der Waals surface area (Å²) in [5, 5.41) is 0. The molecule has 2 N–H and O–H groups in total. The average Bonchev–Trinajstić information content (AvgIpc) is 2.29. The Balaban J connectivity index is 2.95. The van der Waals surface area contributed by atoms with Crippen molar-refractivity contribution in [2.75, 3.05) is 20.6 Å². The van der Waals surface area contributed by atoms with E-state index in [1.54, 1.807) is 0 Å². The smallest absolute Gasteiger partial charge is 0.0379 e. The van der Waals surface area contributed by atoms with Gasteiger partial charge in [0.15, 0.2) is 0 Å². The molecule has 96 valence electrons.